The fourth-order valence-electron chi connectivity index (χ4n) is 2.06. The van der Waals surface area contributed by atoms with Crippen LogP contribution in [0.5, 0.6) is 0 Å². The van der Waals surface area contributed by atoms with Gasteiger partial charge in [0.1, 0.15) is 0 Å². The summed E-state index contributed by atoms with van der Waals surface area (Å²) in [5, 5.41) is 14.9. The summed E-state index contributed by atoms with van der Waals surface area (Å²) < 4.78 is 5.55. The molecule has 2 N–H and O–H groups in total. The quantitative estimate of drug-likeness (QED) is 0.827. The molecule has 0 amide bonds. The summed E-state index contributed by atoms with van der Waals surface area (Å²) in [5.41, 5.74) is 1.25. The first-order valence-electron chi connectivity index (χ1n) is 5.81. The molecule has 0 aliphatic carbocycles. The number of aliphatic hydroxyl groups excluding tert-OH is 1. The minimum atomic E-state index is 0.0594. The molecule has 3 nitrogen and oxygen atoms in total. The fourth-order valence-corrected chi connectivity index (χ4v) is 3.06. The molecule has 90 valence electrons. The molecule has 16 heavy (non-hydrogen) atoms. The van der Waals surface area contributed by atoms with Crippen LogP contribution in [-0.4, -0.2) is 31.0 Å². The van der Waals surface area contributed by atoms with Crippen LogP contribution in [0, 0.1) is 6.92 Å². The van der Waals surface area contributed by atoms with Crippen molar-refractivity contribution in [3.8, 4) is 0 Å². The Hall–Kier alpha value is -0.420. The number of rotatable bonds is 5. The first-order chi connectivity index (χ1) is 7.81. The van der Waals surface area contributed by atoms with Crippen molar-refractivity contribution in [1.29, 1.82) is 0 Å². The molecule has 1 aromatic rings. The van der Waals surface area contributed by atoms with E-state index in [1.54, 1.807) is 11.3 Å². The Bertz CT molecular complexity index is 321. The van der Waals surface area contributed by atoms with Gasteiger partial charge in [0, 0.05) is 18.0 Å². The van der Waals surface area contributed by atoms with Crippen LogP contribution < -0.4 is 5.32 Å². The lowest BCUT2D eigenvalue weighted by Gasteiger charge is -2.18. The molecule has 2 heterocycles. The van der Waals surface area contributed by atoms with E-state index in [-0.39, 0.29) is 12.6 Å². The number of aliphatic hydroxyl groups is 1. The molecule has 1 fully saturated rings. The molecule has 0 radical (unpaired) electrons. The summed E-state index contributed by atoms with van der Waals surface area (Å²) in [6.45, 7) is 3.95. The van der Waals surface area contributed by atoms with E-state index in [1.807, 2.05) is 0 Å². The SMILES string of the molecule is Cc1ccsc1C(CO)NCC1CCCO1. The fraction of sp³-hybridized carbons (Fsp3) is 0.667. The van der Waals surface area contributed by atoms with E-state index in [0.29, 0.717) is 6.10 Å². The first-order valence-corrected chi connectivity index (χ1v) is 6.69. The molecule has 0 aromatic carbocycles. The van der Waals surface area contributed by atoms with Gasteiger partial charge in [-0.05, 0) is 36.8 Å². The second-order valence-corrected chi connectivity index (χ2v) is 5.19. The summed E-state index contributed by atoms with van der Waals surface area (Å²) in [7, 11) is 0. The van der Waals surface area contributed by atoms with Crippen molar-refractivity contribution in [3.63, 3.8) is 0 Å². The minimum Gasteiger partial charge on any atom is -0.394 e. The van der Waals surface area contributed by atoms with Gasteiger partial charge in [0.2, 0.25) is 0 Å². The summed E-state index contributed by atoms with van der Waals surface area (Å²) in [4.78, 5) is 1.24. The molecule has 2 rings (SSSR count). The third-order valence-corrected chi connectivity index (χ3v) is 4.15. The maximum absolute atomic E-state index is 9.40. The molecule has 1 aliphatic rings. The van der Waals surface area contributed by atoms with Crippen molar-refractivity contribution in [3.05, 3.63) is 21.9 Å². The maximum Gasteiger partial charge on any atom is 0.0700 e. The van der Waals surface area contributed by atoms with E-state index < -0.39 is 0 Å². The highest BCUT2D eigenvalue weighted by molar-refractivity contribution is 7.10. The molecule has 1 aliphatic heterocycles. The number of nitrogens with one attached hydrogen (secondary N) is 1. The summed E-state index contributed by atoms with van der Waals surface area (Å²) in [5.74, 6) is 0. The van der Waals surface area contributed by atoms with Gasteiger partial charge in [-0.2, -0.15) is 0 Å². The third-order valence-electron chi connectivity index (χ3n) is 3.02. The Morgan fingerprint density at radius 2 is 2.56 bits per heavy atom. The van der Waals surface area contributed by atoms with Gasteiger partial charge in [-0.15, -0.1) is 11.3 Å². The number of thiophene rings is 1. The monoisotopic (exact) mass is 241 g/mol. The van der Waals surface area contributed by atoms with Gasteiger partial charge in [0.25, 0.3) is 0 Å². The summed E-state index contributed by atoms with van der Waals surface area (Å²) in [6, 6.07) is 2.15. The van der Waals surface area contributed by atoms with Gasteiger partial charge >= 0.3 is 0 Å². The van der Waals surface area contributed by atoms with Crippen molar-refractivity contribution in [2.75, 3.05) is 19.8 Å². The molecule has 0 spiro atoms. The van der Waals surface area contributed by atoms with Gasteiger partial charge < -0.3 is 15.2 Å². The lowest BCUT2D eigenvalue weighted by molar-refractivity contribution is 0.104. The van der Waals surface area contributed by atoms with Crippen molar-refractivity contribution in [2.24, 2.45) is 0 Å². The molecular formula is C12H19NO2S. The molecule has 4 heteroatoms. The van der Waals surface area contributed by atoms with E-state index in [4.69, 9.17) is 4.74 Å². The van der Waals surface area contributed by atoms with Crippen LogP contribution >= 0.6 is 11.3 Å². The smallest absolute Gasteiger partial charge is 0.0700 e. The van der Waals surface area contributed by atoms with E-state index in [0.717, 1.165) is 26.0 Å². The summed E-state index contributed by atoms with van der Waals surface area (Å²) in [6.07, 6.45) is 2.62. The van der Waals surface area contributed by atoms with E-state index in [9.17, 15) is 5.11 Å². The van der Waals surface area contributed by atoms with E-state index in [1.165, 1.54) is 10.4 Å². The maximum atomic E-state index is 9.40. The molecule has 0 bridgehead atoms. The average Bonchev–Trinajstić information content (AvgIpc) is 2.92. The van der Waals surface area contributed by atoms with E-state index >= 15 is 0 Å². The minimum absolute atomic E-state index is 0.0594. The Morgan fingerprint density at radius 3 is 3.12 bits per heavy atom. The molecule has 2 unspecified atom stereocenters. The van der Waals surface area contributed by atoms with Gasteiger partial charge in [-0.1, -0.05) is 0 Å². The van der Waals surface area contributed by atoms with E-state index in [2.05, 4.69) is 23.7 Å². The van der Waals surface area contributed by atoms with Crippen molar-refractivity contribution >= 4 is 11.3 Å². The Balaban J connectivity index is 1.88. The normalized spacial score (nSPS) is 22.5. The Kier molecular flexibility index (Phi) is 4.35. The van der Waals surface area contributed by atoms with Crippen LogP contribution in [0.3, 0.4) is 0 Å². The molecule has 1 saturated heterocycles. The van der Waals surface area contributed by atoms with Crippen LogP contribution in [-0.2, 0) is 4.74 Å². The molecule has 2 atom stereocenters. The average molecular weight is 241 g/mol. The predicted octanol–water partition coefficient (Wildman–Crippen LogP) is 1.86. The number of hydrogen-bond donors (Lipinski definition) is 2. The van der Waals surface area contributed by atoms with Gasteiger partial charge in [-0.3, -0.25) is 0 Å². The number of ether oxygens (including phenoxy) is 1. The first kappa shape index (κ1) is 12.0. The lowest BCUT2D eigenvalue weighted by atomic mass is 10.1. The Morgan fingerprint density at radius 1 is 1.69 bits per heavy atom. The highest BCUT2D eigenvalue weighted by atomic mass is 32.1. The zero-order valence-electron chi connectivity index (χ0n) is 9.61. The zero-order valence-corrected chi connectivity index (χ0v) is 10.4. The number of aryl methyl sites for hydroxylation is 1. The van der Waals surface area contributed by atoms with Crippen LogP contribution in [0.4, 0.5) is 0 Å². The van der Waals surface area contributed by atoms with Crippen molar-refractivity contribution in [2.45, 2.75) is 31.9 Å². The lowest BCUT2D eigenvalue weighted by Crippen LogP contribution is -2.31. The van der Waals surface area contributed by atoms with Crippen LogP contribution in [0.1, 0.15) is 29.3 Å². The van der Waals surface area contributed by atoms with Crippen molar-refractivity contribution in [1.82, 2.24) is 5.32 Å². The highest BCUT2D eigenvalue weighted by Gasteiger charge is 2.19. The highest BCUT2D eigenvalue weighted by Crippen LogP contribution is 2.24. The molecular weight excluding hydrogens is 222 g/mol. The second-order valence-electron chi connectivity index (χ2n) is 4.25. The molecule has 1 aromatic heterocycles. The predicted molar refractivity (Wildman–Crippen MR) is 65.9 cm³/mol. The van der Waals surface area contributed by atoms with Crippen molar-refractivity contribution < 1.29 is 9.84 Å². The van der Waals surface area contributed by atoms with Gasteiger partial charge in [0.15, 0.2) is 0 Å². The zero-order chi connectivity index (χ0) is 11.4. The summed E-state index contributed by atoms with van der Waals surface area (Å²) >= 11 is 1.70. The largest absolute Gasteiger partial charge is 0.394 e. The second kappa shape index (κ2) is 5.77. The van der Waals surface area contributed by atoms with Crippen LogP contribution in [0.15, 0.2) is 11.4 Å². The standard InChI is InChI=1S/C12H19NO2S/c1-9-4-6-16-12(9)11(8-14)13-7-10-3-2-5-15-10/h4,6,10-11,13-14H,2-3,5,7-8H2,1H3. The Labute approximate surface area is 100 Å². The third kappa shape index (κ3) is 2.83. The topological polar surface area (TPSA) is 41.5 Å². The van der Waals surface area contributed by atoms with Gasteiger partial charge in [0.05, 0.1) is 18.8 Å². The molecule has 0 saturated carbocycles. The van der Waals surface area contributed by atoms with Crippen LogP contribution in [0.25, 0.3) is 0 Å². The van der Waals surface area contributed by atoms with Crippen LogP contribution in [0.2, 0.25) is 0 Å². The van der Waals surface area contributed by atoms with Gasteiger partial charge in [-0.25, -0.2) is 0 Å². The number of hydrogen-bond acceptors (Lipinski definition) is 4.